The summed E-state index contributed by atoms with van der Waals surface area (Å²) in [4.78, 5) is 8.53. The third kappa shape index (κ3) is 1.98. The Hall–Kier alpha value is -1.29. The Kier molecular flexibility index (Phi) is 3.13. The molecule has 2 heterocycles. The van der Waals surface area contributed by atoms with Crippen LogP contribution in [-0.4, -0.2) is 14.5 Å². The molecule has 3 rings (SSSR count). The lowest BCUT2D eigenvalue weighted by Gasteiger charge is -2.06. The maximum atomic E-state index is 6.22. The fraction of sp³-hybridized carbons (Fsp3) is 0.0769. The van der Waals surface area contributed by atoms with E-state index in [9.17, 15) is 0 Å². The van der Waals surface area contributed by atoms with Gasteiger partial charge in [0, 0.05) is 13.2 Å². The van der Waals surface area contributed by atoms with Gasteiger partial charge in [-0.1, -0.05) is 40.9 Å². The minimum absolute atomic E-state index is 0.363. The van der Waals surface area contributed by atoms with E-state index in [1.54, 1.807) is 24.4 Å². The number of hydrogen-bond donors (Lipinski definition) is 0. The second-order valence-corrected chi connectivity index (χ2v) is 5.23. The van der Waals surface area contributed by atoms with Gasteiger partial charge in [0.25, 0.3) is 0 Å². The van der Waals surface area contributed by atoms with Crippen LogP contribution in [0, 0.1) is 0 Å². The summed E-state index contributed by atoms with van der Waals surface area (Å²) >= 11 is 18.5. The van der Waals surface area contributed by atoms with Crippen molar-refractivity contribution in [2.75, 3.05) is 0 Å². The van der Waals surface area contributed by atoms with Gasteiger partial charge in [-0.15, -0.1) is 0 Å². The lowest BCUT2D eigenvalue weighted by molar-refractivity contribution is 0.959. The molecule has 3 nitrogen and oxygen atoms in total. The van der Waals surface area contributed by atoms with Crippen LogP contribution in [0.25, 0.3) is 22.4 Å². The molecule has 0 unspecified atom stereocenters. The Morgan fingerprint density at radius 1 is 1.05 bits per heavy atom. The summed E-state index contributed by atoms with van der Waals surface area (Å²) in [5.74, 6) is 0.667. The lowest BCUT2D eigenvalue weighted by atomic mass is 10.2. The summed E-state index contributed by atoms with van der Waals surface area (Å²) < 4.78 is 1.90. The van der Waals surface area contributed by atoms with Crippen LogP contribution in [0.2, 0.25) is 15.2 Å². The van der Waals surface area contributed by atoms with Gasteiger partial charge in [-0.05, 0) is 18.2 Å². The van der Waals surface area contributed by atoms with Gasteiger partial charge in [0.05, 0.1) is 21.1 Å². The maximum absolute atomic E-state index is 6.22. The highest BCUT2D eigenvalue weighted by Gasteiger charge is 2.17. The van der Waals surface area contributed by atoms with Crippen molar-refractivity contribution in [2.45, 2.75) is 0 Å². The molecule has 1 aromatic carbocycles. The zero-order valence-corrected chi connectivity index (χ0v) is 12.1. The molecule has 0 N–H and O–H groups in total. The molecule has 3 aromatic rings. The van der Waals surface area contributed by atoms with E-state index < -0.39 is 0 Å². The number of fused-ring (bicyclic) bond motifs is 1. The summed E-state index contributed by atoms with van der Waals surface area (Å²) in [6.45, 7) is 0. The second kappa shape index (κ2) is 4.67. The molecule has 6 heteroatoms. The van der Waals surface area contributed by atoms with Crippen LogP contribution in [0.15, 0.2) is 30.5 Å². The molecule has 0 saturated heterocycles. The first-order valence-electron chi connectivity index (χ1n) is 5.51. The molecule has 0 saturated carbocycles. The SMILES string of the molecule is Cn1c(-c2c(Cl)cccc2Cl)nc2c(Cl)nccc21. The van der Waals surface area contributed by atoms with Crippen LogP contribution in [0.1, 0.15) is 0 Å². The van der Waals surface area contributed by atoms with E-state index in [1.807, 2.05) is 17.7 Å². The average molecular weight is 313 g/mol. The molecular weight excluding hydrogens is 305 g/mol. The van der Waals surface area contributed by atoms with Crippen LogP contribution < -0.4 is 0 Å². The summed E-state index contributed by atoms with van der Waals surface area (Å²) in [7, 11) is 1.89. The van der Waals surface area contributed by atoms with Crippen LogP contribution in [0.4, 0.5) is 0 Å². The fourth-order valence-corrected chi connectivity index (χ4v) is 2.79. The molecule has 0 fully saturated rings. The second-order valence-electron chi connectivity index (χ2n) is 4.06. The third-order valence-electron chi connectivity index (χ3n) is 2.94. The Balaban J connectivity index is 2.38. The zero-order chi connectivity index (χ0) is 13.6. The van der Waals surface area contributed by atoms with E-state index in [0.29, 0.717) is 32.1 Å². The number of nitrogens with zero attached hydrogens (tertiary/aromatic N) is 3. The first kappa shape index (κ1) is 12.7. The predicted octanol–water partition coefficient (Wildman–Crippen LogP) is 4.60. The molecule has 0 amide bonds. The number of benzene rings is 1. The van der Waals surface area contributed by atoms with E-state index >= 15 is 0 Å². The molecule has 19 heavy (non-hydrogen) atoms. The van der Waals surface area contributed by atoms with E-state index in [1.165, 1.54) is 0 Å². The smallest absolute Gasteiger partial charge is 0.156 e. The Morgan fingerprint density at radius 3 is 2.37 bits per heavy atom. The third-order valence-corrected chi connectivity index (χ3v) is 3.85. The van der Waals surface area contributed by atoms with E-state index in [2.05, 4.69) is 9.97 Å². The normalized spacial score (nSPS) is 11.2. The first-order valence-corrected chi connectivity index (χ1v) is 6.64. The van der Waals surface area contributed by atoms with Crippen molar-refractivity contribution < 1.29 is 0 Å². The Bertz CT molecular complexity index is 760. The standard InChI is InChI=1S/C13H8Cl3N3/c1-19-9-5-6-17-12(16)11(9)18-13(19)10-7(14)3-2-4-8(10)15/h2-6H,1H3. The van der Waals surface area contributed by atoms with E-state index in [-0.39, 0.29) is 0 Å². The quantitative estimate of drug-likeness (QED) is 0.615. The van der Waals surface area contributed by atoms with Crippen molar-refractivity contribution in [1.82, 2.24) is 14.5 Å². The molecule has 0 radical (unpaired) electrons. The van der Waals surface area contributed by atoms with Crippen molar-refractivity contribution in [3.8, 4) is 11.4 Å². The number of pyridine rings is 1. The van der Waals surface area contributed by atoms with Gasteiger partial charge >= 0.3 is 0 Å². The van der Waals surface area contributed by atoms with Gasteiger partial charge in [-0.3, -0.25) is 0 Å². The molecule has 0 atom stereocenters. The van der Waals surface area contributed by atoms with Gasteiger partial charge in [0.2, 0.25) is 0 Å². The fourth-order valence-electron chi connectivity index (χ4n) is 2.02. The molecule has 0 aliphatic carbocycles. The molecular formula is C13H8Cl3N3. The monoisotopic (exact) mass is 311 g/mol. The van der Waals surface area contributed by atoms with E-state index in [4.69, 9.17) is 34.8 Å². The van der Waals surface area contributed by atoms with Gasteiger partial charge < -0.3 is 4.57 Å². The summed E-state index contributed by atoms with van der Waals surface area (Å²) in [6, 6.07) is 7.21. The molecule has 0 bridgehead atoms. The highest BCUT2D eigenvalue weighted by Crippen LogP contribution is 2.35. The van der Waals surface area contributed by atoms with Crippen molar-refractivity contribution in [1.29, 1.82) is 0 Å². The highest BCUT2D eigenvalue weighted by atomic mass is 35.5. The summed E-state index contributed by atoms with van der Waals surface area (Å²) in [5.41, 5.74) is 2.21. The summed E-state index contributed by atoms with van der Waals surface area (Å²) in [6.07, 6.45) is 1.64. The van der Waals surface area contributed by atoms with Crippen LogP contribution in [-0.2, 0) is 7.05 Å². The minimum atomic E-state index is 0.363. The predicted molar refractivity (Wildman–Crippen MR) is 79.0 cm³/mol. The first-order chi connectivity index (χ1) is 9.09. The van der Waals surface area contributed by atoms with Crippen LogP contribution >= 0.6 is 34.8 Å². The van der Waals surface area contributed by atoms with Crippen LogP contribution in [0.3, 0.4) is 0 Å². The number of halogens is 3. The van der Waals surface area contributed by atoms with Gasteiger partial charge in [0.15, 0.2) is 5.15 Å². The highest BCUT2D eigenvalue weighted by molar-refractivity contribution is 6.39. The number of aromatic nitrogens is 3. The largest absolute Gasteiger partial charge is 0.327 e. The Morgan fingerprint density at radius 2 is 1.74 bits per heavy atom. The number of rotatable bonds is 1. The Labute approximate surface area is 124 Å². The molecule has 0 aliphatic heterocycles. The van der Waals surface area contributed by atoms with E-state index in [0.717, 1.165) is 5.52 Å². The average Bonchev–Trinajstić information content (AvgIpc) is 2.69. The van der Waals surface area contributed by atoms with Gasteiger partial charge in [-0.25, -0.2) is 9.97 Å². The molecule has 2 aromatic heterocycles. The zero-order valence-electron chi connectivity index (χ0n) is 9.86. The number of aryl methyl sites for hydroxylation is 1. The van der Waals surface area contributed by atoms with Crippen molar-refractivity contribution in [3.05, 3.63) is 45.7 Å². The number of imidazole rings is 1. The molecule has 0 aliphatic rings. The maximum Gasteiger partial charge on any atom is 0.156 e. The lowest BCUT2D eigenvalue weighted by Crippen LogP contribution is -1.93. The molecule has 96 valence electrons. The van der Waals surface area contributed by atoms with Gasteiger partial charge in [0.1, 0.15) is 11.3 Å². The van der Waals surface area contributed by atoms with Crippen molar-refractivity contribution in [2.24, 2.45) is 7.05 Å². The van der Waals surface area contributed by atoms with Crippen molar-refractivity contribution in [3.63, 3.8) is 0 Å². The molecule has 0 spiro atoms. The van der Waals surface area contributed by atoms with Crippen molar-refractivity contribution >= 4 is 45.8 Å². The number of hydrogen-bond acceptors (Lipinski definition) is 2. The topological polar surface area (TPSA) is 30.7 Å². The summed E-state index contributed by atoms with van der Waals surface area (Å²) in [5, 5.41) is 1.47. The minimum Gasteiger partial charge on any atom is -0.327 e. The van der Waals surface area contributed by atoms with Gasteiger partial charge in [-0.2, -0.15) is 0 Å². The van der Waals surface area contributed by atoms with Crippen LogP contribution in [0.5, 0.6) is 0 Å².